The molecule has 0 saturated carbocycles. The topological polar surface area (TPSA) is 65.5 Å². The fraction of sp³-hybridized carbons (Fsp3) is 0.529. The lowest BCUT2D eigenvalue weighted by molar-refractivity contribution is -0.116. The van der Waals surface area contributed by atoms with Gasteiger partial charge in [-0.25, -0.2) is 0 Å². The maximum absolute atomic E-state index is 11.7. The molecule has 1 aromatic heterocycles. The number of pyridine rings is 1. The molecule has 2 rings (SSSR count). The van der Waals surface area contributed by atoms with Gasteiger partial charge in [-0.3, -0.25) is 9.78 Å². The van der Waals surface area contributed by atoms with Crippen molar-refractivity contribution in [1.29, 1.82) is 0 Å². The van der Waals surface area contributed by atoms with E-state index >= 15 is 0 Å². The summed E-state index contributed by atoms with van der Waals surface area (Å²) in [4.78, 5) is 18.1. The van der Waals surface area contributed by atoms with Crippen LogP contribution in [0.3, 0.4) is 0 Å². The second-order valence-corrected chi connectivity index (χ2v) is 5.97. The van der Waals surface area contributed by atoms with Crippen LogP contribution in [-0.4, -0.2) is 53.2 Å². The third kappa shape index (κ3) is 5.95. The van der Waals surface area contributed by atoms with Crippen molar-refractivity contribution in [1.82, 2.24) is 15.2 Å². The summed E-state index contributed by atoms with van der Waals surface area (Å²) in [5, 5.41) is 12.7. The lowest BCUT2D eigenvalue weighted by Gasteiger charge is -2.31. The fourth-order valence-electron chi connectivity index (χ4n) is 2.52. The maximum Gasteiger partial charge on any atom is 0.244 e. The first-order valence-electron chi connectivity index (χ1n) is 7.91. The minimum Gasteiger partial charge on any atom is -0.390 e. The van der Waals surface area contributed by atoms with E-state index < -0.39 is 6.10 Å². The predicted molar refractivity (Wildman–Crippen MR) is 87.1 cm³/mol. The Morgan fingerprint density at radius 2 is 2.27 bits per heavy atom. The van der Waals surface area contributed by atoms with Crippen LogP contribution < -0.4 is 5.32 Å². The highest BCUT2D eigenvalue weighted by Crippen LogP contribution is 2.15. The molecule has 22 heavy (non-hydrogen) atoms. The number of aromatic nitrogens is 1. The van der Waals surface area contributed by atoms with Crippen molar-refractivity contribution < 1.29 is 9.90 Å². The zero-order valence-electron chi connectivity index (χ0n) is 13.1. The van der Waals surface area contributed by atoms with Crippen molar-refractivity contribution in [2.75, 3.05) is 26.2 Å². The number of β-amino-alcohol motifs (C(OH)–C–C–N with tert-alkyl or cyclic N) is 1. The number of carbonyl (C=O) groups excluding carboxylic acids is 1. The Morgan fingerprint density at radius 3 is 2.95 bits per heavy atom. The average molecular weight is 303 g/mol. The van der Waals surface area contributed by atoms with Crippen LogP contribution in [0.4, 0.5) is 0 Å². The molecular formula is C17H25N3O2. The number of hydrogen-bond donors (Lipinski definition) is 2. The third-order valence-corrected chi connectivity index (χ3v) is 3.95. The number of likely N-dealkylation sites (tertiary alicyclic amines) is 1. The van der Waals surface area contributed by atoms with Crippen molar-refractivity contribution in [2.24, 2.45) is 5.92 Å². The predicted octanol–water partition coefficient (Wildman–Crippen LogP) is 1.30. The Bertz CT molecular complexity index is 482. The number of nitrogens with zero attached hydrogens (tertiary/aromatic N) is 2. The smallest absolute Gasteiger partial charge is 0.244 e. The highest BCUT2D eigenvalue weighted by Gasteiger charge is 2.18. The molecule has 0 aliphatic carbocycles. The maximum atomic E-state index is 11.7. The zero-order valence-corrected chi connectivity index (χ0v) is 13.1. The van der Waals surface area contributed by atoms with Crippen molar-refractivity contribution in [3.8, 4) is 0 Å². The second-order valence-electron chi connectivity index (χ2n) is 5.97. The van der Waals surface area contributed by atoms with Crippen LogP contribution in [0.2, 0.25) is 0 Å². The van der Waals surface area contributed by atoms with E-state index in [9.17, 15) is 9.90 Å². The minimum absolute atomic E-state index is 0.211. The van der Waals surface area contributed by atoms with Gasteiger partial charge in [0.05, 0.1) is 11.8 Å². The van der Waals surface area contributed by atoms with Gasteiger partial charge in [-0.15, -0.1) is 0 Å². The van der Waals surface area contributed by atoms with Gasteiger partial charge in [0.1, 0.15) is 0 Å². The summed E-state index contributed by atoms with van der Waals surface area (Å²) >= 11 is 0. The van der Waals surface area contributed by atoms with Crippen LogP contribution in [0.15, 0.2) is 30.5 Å². The van der Waals surface area contributed by atoms with Gasteiger partial charge in [-0.2, -0.15) is 0 Å². The minimum atomic E-state index is -0.527. The molecule has 2 heterocycles. The Balaban J connectivity index is 1.66. The molecule has 1 aliphatic heterocycles. The normalized spacial score (nSPS) is 18.5. The van der Waals surface area contributed by atoms with Crippen LogP contribution in [0.1, 0.15) is 25.5 Å². The number of piperidine rings is 1. The molecule has 1 aliphatic rings. The molecule has 1 amide bonds. The first kappa shape index (κ1) is 16.6. The summed E-state index contributed by atoms with van der Waals surface area (Å²) in [6, 6.07) is 5.53. The van der Waals surface area contributed by atoms with Gasteiger partial charge in [-0.1, -0.05) is 13.0 Å². The van der Waals surface area contributed by atoms with Crippen molar-refractivity contribution in [3.63, 3.8) is 0 Å². The summed E-state index contributed by atoms with van der Waals surface area (Å²) in [6.45, 7) is 5.23. The van der Waals surface area contributed by atoms with E-state index in [4.69, 9.17) is 0 Å². The van der Waals surface area contributed by atoms with Gasteiger partial charge in [0.2, 0.25) is 5.91 Å². The summed E-state index contributed by atoms with van der Waals surface area (Å²) in [5.74, 6) is 0.571. The fourth-order valence-corrected chi connectivity index (χ4v) is 2.52. The van der Waals surface area contributed by atoms with Crippen LogP contribution in [0.5, 0.6) is 0 Å². The molecule has 1 aromatic rings. The molecule has 0 aromatic carbocycles. The third-order valence-electron chi connectivity index (χ3n) is 3.95. The molecule has 1 unspecified atom stereocenters. The van der Waals surface area contributed by atoms with Crippen molar-refractivity contribution in [2.45, 2.75) is 25.9 Å². The molecule has 1 saturated heterocycles. The zero-order chi connectivity index (χ0) is 15.8. The van der Waals surface area contributed by atoms with Gasteiger partial charge < -0.3 is 15.3 Å². The van der Waals surface area contributed by atoms with Crippen LogP contribution in [0.25, 0.3) is 6.08 Å². The summed E-state index contributed by atoms with van der Waals surface area (Å²) in [5.41, 5.74) is 0.737. The van der Waals surface area contributed by atoms with Gasteiger partial charge in [0.15, 0.2) is 0 Å². The van der Waals surface area contributed by atoms with Crippen LogP contribution in [-0.2, 0) is 4.79 Å². The Morgan fingerprint density at radius 1 is 1.50 bits per heavy atom. The van der Waals surface area contributed by atoms with Crippen LogP contribution in [0, 0.1) is 5.92 Å². The molecular weight excluding hydrogens is 278 g/mol. The van der Waals surface area contributed by atoms with Gasteiger partial charge in [-0.05, 0) is 50.1 Å². The monoisotopic (exact) mass is 303 g/mol. The Kier molecular flexibility index (Phi) is 6.55. The number of rotatable bonds is 6. The molecule has 0 bridgehead atoms. The van der Waals surface area contributed by atoms with E-state index in [0.29, 0.717) is 6.54 Å². The number of aliphatic hydroxyl groups is 1. The van der Waals surface area contributed by atoms with E-state index in [1.165, 1.54) is 18.9 Å². The SMILES string of the molecule is CC1CCN(CC(O)CNC(=O)/C=C/c2ccccn2)CC1. The first-order chi connectivity index (χ1) is 10.6. The summed E-state index contributed by atoms with van der Waals surface area (Å²) < 4.78 is 0. The quantitative estimate of drug-likeness (QED) is 0.778. The molecule has 0 spiro atoms. The Labute approximate surface area is 132 Å². The lowest BCUT2D eigenvalue weighted by atomic mass is 9.99. The van der Waals surface area contributed by atoms with E-state index in [2.05, 4.69) is 22.1 Å². The number of carbonyl (C=O) groups is 1. The molecule has 5 heteroatoms. The summed E-state index contributed by atoms with van der Waals surface area (Å²) in [6.07, 6.45) is 6.63. The lowest BCUT2D eigenvalue weighted by Crippen LogP contribution is -2.42. The molecule has 1 fully saturated rings. The van der Waals surface area contributed by atoms with Gasteiger partial charge >= 0.3 is 0 Å². The van der Waals surface area contributed by atoms with Gasteiger partial charge in [0.25, 0.3) is 0 Å². The van der Waals surface area contributed by atoms with E-state index in [1.54, 1.807) is 12.3 Å². The van der Waals surface area contributed by atoms with E-state index in [0.717, 1.165) is 24.7 Å². The van der Waals surface area contributed by atoms with Crippen molar-refractivity contribution >= 4 is 12.0 Å². The van der Waals surface area contributed by atoms with E-state index in [-0.39, 0.29) is 12.5 Å². The molecule has 5 nitrogen and oxygen atoms in total. The Hall–Kier alpha value is -1.72. The largest absolute Gasteiger partial charge is 0.390 e. The van der Waals surface area contributed by atoms with Gasteiger partial charge in [0, 0.05) is 25.4 Å². The van der Waals surface area contributed by atoms with Crippen LogP contribution >= 0.6 is 0 Å². The average Bonchev–Trinajstić information content (AvgIpc) is 2.54. The molecule has 2 N–H and O–H groups in total. The highest BCUT2D eigenvalue weighted by molar-refractivity contribution is 5.91. The summed E-state index contributed by atoms with van der Waals surface area (Å²) in [7, 11) is 0. The number of amides is 1. The number of nitrogens with one attached hydrogen (secondary N) is 1. The molecule has 120 valence electrons. The first-order valence-corrected chi connectivity index (χ1v) is 7.91. The number of hydrogen-bond acceptors (Lipinski definition) is 4. The van der Waals surface area contributed by atoms with Crippen molar-refractivity contribution in [3.05, 3.63) is 36.2 Å². The standard InChI is InChI=1S/C17H25N3O2/c1-14-7-10-20(11-8-14)13-16(21)12-19-17(22)6-5-15-4-2-3-9-18-15/h2-6,9,14,16,21H,7-8,10-13H2,1H3,(H,19,22)/b6-5+. The molecule has 1 atom stereocenters. The highest BCUT2D eigenvalue weighted by atomic mass is 16.3. The second kappa shape index (κ2) is 8.66. The van der Waals surface area contributed by atoms with E-state index in [1.807, 2.05) is 18.2 Å². The molecule has 0 radical (unpaired) electrons. The number of aliphatic hydroxyl groups excluding tert-OH is 1.